The van der Waals surface area contributed by atoms with Crippen molar-refractivity contribution in [2.45, 2.75) is 32.3 Å². The van der Waals surface area contributed by atoms with Gasteiger partial charge in [0.15, 0.2) is 10.7 Å². The van der Waals surface area contributed by atoms with Crippen molar-refractivity contribution in [2.24, 2.45) is 0 Å². The molecule has 1 heterocycles. The minimum atomic E-state index is -0.970. The van der Waals surface area contributed by atoms with E-state index >= 15 is 0 Å². The lowest BCUT2D eigenvalue weighted by atomic mass is 9.96. The van der Waals surface area contributed by atoms with E-state index in [9.17, 15) is 4.79 Å². The van der Waals surface area contributed by atoms with Crippen molar-refractivity contribution in [1.82, 2.24) is 4.98 Å². The first-order valence-corrected chi connectivity index (χ1v) is 8.12. The van der Waals surface area contributed by atoms with Crippen LogP contribution in [0.3, 0.4) is 0 Å². The van der Waals surface area contributed by atoms with Crippen LogP contribution in [0, 0.1) is 0 Å². The Hall–Kier alpha value is -2.14. The van der Waals surface area contributed by atoms with Gasteiger partial charge < -0.3 is 4.74 Å². The molecule has 1 aliphatic carbocycles. The third-order valence-electron chi connectivity index (χ3n) is 3.59. The first-order chi connectivity index (χ1) is 10.6. The Morgan fingerprint density at radius 3 is 3.05 bits per heavy atom. The fraction of sp³-hybridized carbons (Fsp3) is 0.294. The number of ether oxygens (including phenoxy) is 1. The topological polar surface area (TPSA) is 51.2 Å². The molecule has 1 amide bonds. The van der Waals surface area contributed by atoms with Crippen molar-refractivity contribution in [3.63, 3.8) is 0 Å². The number of allylic oxidation sites excluding steroid dienone is 1. The summed E-state index contributed by atoms with van der Waals surface area (Å²) in [6.07, 6.45) is 7.86. The second-order valence-corrected chi connectivity index (χ2v) is 6.56. The second kappa shape index (κ2) is 5.93. The highest BCUT2D eigenvalue weighted by molar-refractivity contribution is 7.13. The number of benzene rings is 1. The number of fused-ring (bicyclic) bond motifs is 1. The van der Waals surface area contributed by atoms with Crippen LogP contribution in [0.5, 0.6) is 5.75 Å². The lowest BCUT2D eigenvalue weighted by Gasteiger charge is -2.27. The number of carbonyl (C=O) groups excluding carboxylic acids is 1. The molecule has 0 atom stereocenters. The monoisotopic (exact) mass is 314 g/mol. The molecule has 1 aromatic heterocycles. The van der Waals surface area contributed by atoms with Crippen LogP contribution in [0.2, 0.25) is 0 Å². The molecule has 0 spiro atoms. The summed E-state index contributed by atoms with van der Waals surface area (Å²) in [5.41, 5.74) is 1.36. The van der Waals surface area contributed by atoms with Crippen LogP contribution in [0.1, 0.15) is 31.4 Å². The molecule has 114 valence electrons. The van der Waals surface area contributed by atoms with Gasteiger partial charge in [-0.25, -0.2) is 4.98 Å². The Labute approximate surface area is 133 Å². The summed E-state index contributed by atoms with van der Waals surface area (Å²) in [4.78, 5) is 16.5. The van der Waals surface area contributed by atoms with E-state index in [-0.39, 0.29) is 5.91 Å². The first kappa shape index (κ1) is 14.8. The van der Waals surface area contributed by atoms with Gasteiger partial charge in [-0.2, -0.15) is 0 Å². The van der Waals surface area contributed by atoms with Crippen LogP contribution in [0.15, 0.2) is 35.9 Å². The van der Waals surface area contributed by atoms with Crippen molar-refractivity contribution in [3.8, 4) is 5.75 Å². The van der Waals surface area contributed by atoms with E-state index in [1.165, 1.54) is 22.5 Å². The maximum Gasteiger partial charge on any atom is 0.269 e. The molecule has 4 nitrogen and oxygen atoms in total. The first-order valence-electron chi connectivity index (χ1n) is 7.25. The summed E-state index contributed by atoms with van der Waals surface area (Å²) in [6.45, 7) is 3.54. The SMILES string of the molecule is CC(C)(Oc1cccc2c1CCC=C2)C(=O)Nc1nccs1. The lowest BCUT2D eigenvalue weighted by molar-refractivity contribution is -0.128. The van der Waals surface area contributed by atoms with Gasteiger partial charge in [0.2, 0.25) is 0 Å². The maximum atomic E-state index is 12.4. The van der Waals surface area contributed by atoms with Crippen LogP contribution < -0.4 is 10.1 Å². The van der Waals surface area contributed by atoms with Gasteiger partial charge in [-0.05, 0) is 38.3 Å². The van der Waals surface area contributed by atoms with E-state index in [0.29, 0.717) is 5.13 Å². The van der Waals surface area contributed by atoms with Crippen molar-refractivity contribution in [1.29, 1.82) is 0 Å². The highest BCUT2D eigenvalue weighted by Gasteiger charge is 2.31. The summed E-state index contributed by atoms with van der Waals surface area (Å²) in [5.74, 6) is 0.576. The summed E-state index contributed by atoms with van der Waals surface area (Å²) in [5, 5.41) is 5.20. The number of thiazole rings is 1. The van der Waals surface area contributed by atoms with Crippen LogP contribution >= 0.6 is 11.3 Å². The Morgan fingerprint density at radius 2 is 2.27 bits per heavy atom. The molecule has 0 bridgehead atoms. The van der Waals surface area contributed by atoms with Crippen molar-refractivity contribution >= 4 is 28.5 Å². The Kier molecular flexibility index (Phi) is 3.98. The molecule has 0 saturated heterocycles. The van der Waals surface area contributed by atoms with Crippen molar-refractivity contribution < 1.29 is 9.53 Å². The number of amides is 1. The Balaban J connectivity index is 1.79. The largest absolute Gasteiger partial charge is 0.478 e. The molecule has 0 aliphatic heterocycles. The second-order valence-electron chi connectivity index (χ2n) is 5.67. The van der Waals surface area contributed by atoms with E-state index in [1.807, 2.05) is 17.5 Å². The normalized spacial score (nSPS) is 13.5. The molecular weight excluding hydrogens is 296 g/mol. The molecule has 22 heavy (non-hydrogen) atoms. The predicted octanol–water partition coefficient (Wildman–Crippen LogP) is 3.90. The zero-order valence-electron chi connectivity index (χ0n) is 12.6. The number of nitrogens with one attached hydrogen (secondary N) is 1. The predicted molar refractivity (Wildman–Crippen MR) is 89.2 cm³/mol. The van der Waals surface area contributed by atoms with E-state index in [1.54, 1.807) is 20.0 Å². The van der Waals surface area contributed by atoms with E-state index in [0.717, 1.165) is 18.6 Å². The quantitative estimate of drug-likeness (QED) is 0.931. The molecule has 0 radical (unpaired) electrons. The third kappa shape index (κ3) is 3.04. The van der Waals surface area contributed by atoms with Crippen LogP contribution in [-0.4, -0.2) is 16.5 Å². The van der Waals surface area contributed by atoms with Crippen molar-refractivity contribution in [2.75, 3.05) is 5.32 Å². The molecule has 3 rings (SSSR count). The van der Waals surface area contributed by atoms with Gasteiger partial charge in [-0.1, -0.05) is 24.3 Å². The molecular formula is C17H18N2O2S. The Morgan fingerprint density at radius 1 is 1.41 bits per heavy atom. The lowest BCUT2D eigenvalue weighted by Crippen LogP contribution is -2.42. The van der Waals surface area contributed by atoms with Gasteiger partial charge >= 0.3 is 0 Å². The summed E-state index contributed by atoms with van der Waals surface area (Å²) < 4.78 is 6.04. The van der Waals surface area contributed by atoms with Gasteiger partial charge in [-0.15, -0.1) is 11.3 Å². The molecule has 0 unspecified atom stereocenters. The van der Waals surface area contributed by atoms with Gasteiger partial charge in [0.1, 0.15) is 5.75 Å². The zero-order valence-corrected chi connectivity index (χ0v) is 13.4. The van der Waals surface area contributed by atoms with Gasteiger partial charge in [0.05, 0.1) is 0 Å². The number of anilines is 1. The molecule has 1 aromatic carbocycles. The third-order valence-corrected chi connectivity index (χ3v) is 4.28. The highest BCUT2D eigenvalue weighted by atomic mass is 32.1. The van der Waals surface area contributed by atoms with Crippen LogP contribution in [0.25, 0.3) is 6.08 Å². The number of rotatable bonds is 4. The number of carbonyl (C=O) groups is 1. The number of hydrogen-bond donors (Lipinski definition) is 1. The highest BCUT2D eigenvalue weighted by Crippen LogP contribution is 2.31. The molecule has 0 saturated carbocycles. The van der Waals surface area contributed by atoms with Gasteiger partial charge in [0.25, 0.3) is 5.91 Å². The average molecular weight is 314 g/mol. The smallest absolute Gasteiger partial charge is 0.269 e. The van der Waals surface area contributed by atoms with E-state index < -0.39 is 5.60 Å². The molecule has 2 aromatic rings. The number of nitrogens with zero attached hydrogens (tertiary/aromatic N) is 1. The fourth-order valence-electron chi connectivity index (χ4n) is 2.39. The minimum Gasteiger partial charge on any atom is -0.478 e. The van der Waals surface area contributed by atoms with E-state index in [2.05, 4.69) is 28.5 Å². The molecule has 0 fully saturated rings. The van der Waals surface area contributed by atoms with Crippen molar-refractivity contribution in [3.05, 3.63) is 47.0 Å². The summed E-state index contributed by atoms with van der Waals surface area (Å²) in [7, 11) is 0. The summed E-state index contributed by atoms with van der Waals surface area (Å²) in [6, 6.07) is 5.95. The number of hydrogen-bond acceptors (Lipinski definition) is 4. The van der Waals surface area contributed by atoms with Crippen LogP contribution in [0.4, 0.5) is 5.13 Å². The average Bonchev–Trinajstić information content (AvgIpc) is 3.00. The summed E-state index contributed by atoms with van der Waals surface area (Å²) >= 11 is 1.39. The standard InChI is InChI=1S/C17H18N2O2S/c1-17(2,15(20)19-16-18-10-11-22-16)21-14-9-5-7-12-6-3-4-8-13(12)14/h3,5-7,9-11H,4,8H2,1-2H3,(H,18,19,20). The van der Waals surface area contributed by atoms with Gasteiger partial charge in [-0.3, -0.25) is 10.1 Å². The van der Waals surface area contributed by atoms with E-state index in [4.69, 9.17) is 4.74 Å². The molecule has 1 aliphatic rings. The maximum absolute atomic E-state index is 12.4. The molecule has 1 N–H and O–H groups in total. The van der Waals surface area contributed by atoms with Crippen LogP contribution in [-0.2, 0) is 11.2 Å². The zero-order chi connectivity index (χ0) is 15.6. The Bertz CT molecular complexity index is 705. The number of aromatic nitrogens is 1. The molecule has 5 heteroatoms. The fourth-order valence-corrected chi connectivity index (χ4v) is 2.92. The minimum absolute atomic E-state index is 0.202. The van der Waals surface area contributed by atoms with Gasteiger partial charge in [0, 0.05) is 17.1 Å².